The van der Waals surface area contributed by atoms with E-state index in [1.165, 1.54) is 18.4 Å². The molecule has 1 aliphatic rings. The first-order valence-corrected chi connectivity index (χ1v) is 8.97. The van der Waals surface area contributed by atoms with Crippen LogP contribution in [0.4, 0.5) is 5.69 Å². The molecule has 1 fully saturated rings. The monoisotopic (exact) mass is 377 g/mol. The zero-order valence-corrected chi connectivity index (χ0v) is 15.0. The summed E-state index contributed by atoms with van der Waals surface area (Å²) in [4.78, 5) is 30.7. The van der Waals surface area contributed by atoms with Gasteiger partial charge in [-0.25, -0.2) is 4.98 Å². The Morgan fingerprint density at radius 2 is 1.93 bits per heavy atom. The van der Waals surface area contributed by atoms with Gasteiger partial charge in [0, 0.05) is 24.2 Å². The lowest BCUT2D eigenvalue weighted by Gasteiger charge is -2.16. The van der Waals surface area contributed by atoms with E-state index in [1.807, 2.05) is 30.3 Å². The molecule has 0 aliphatic carbocycles. The van der Waals surface area contributed by atoms with Crippen molar-refractivity contribution in [3.63, 3.8) is 0 Å². The van der Waals surface area contributed by atoms with Crippen LogP contribution in [0.2, 0.25) is 0 Å². The van der Waals surface area contributed by atoms with Crippen LogP contribution in [0.1, 0.15) is 12.1 Å². The minimum absolute atomic E-state index is 0.112. The number of rotatable bonds is 5. The Hall–Kier alpha value is -3.61. The topological polar surface area (TPSA) is 95.7 Å². The molecule has 7 heteroatoms. The molecule has 2 heterocycles. The van der Waals surface area contributed by atoms with Gasteiger partial charge in [0.2, 0.25) is 17.7 Å². The van der Waals surface area contributed by atoms with E-state index in [0.29, 0.717) is 23.8 Å². The molecule has 2 amide bonds. The molecule has 28 heavy (non-hydrogen) atoms. The zero-order valence-electron chi connectivity index (χ0n) is 15.0. The number of anilines is 1. The maximum atomic E-state index is 12.5. The smallest absolute Gasteiger partial charge is 0.227 e. The molecular formula is C21H19N3O4. The molecule has 1 atom stereocenters. The second-order valence-corrected chi connectivity index (χ2v) is 6.65. The highest BCUT2D eigenvalue weighted by atomic mass is 16.3. The number of aromatic nitrogens is 1. The summed E-state index contributed by atoms with van der Waals surface area (Å²) in [5.74, 6) is -0.106. The number of hydrogen-bond acceptors (Lipinski definition) is 5. The van der Waals surface area contributed by atoms with E-state index >= 15 is 0 Å². The molecule has 7 nitrogen and oxygen atoms in total. The third-order valence-electron chi connectivity index (χ3n) is 4.67. The fourth-order valence-corrected chi connectivity index (χ4v) is 3.19. The van der Waals surface area contributed by atoms with E-state index < -0.39 is 5.92 Å². The Balaban J connectivity index is 1.35. The number of nitrogens with one attached hydrogen (secondary N) is 1. The Labute approximate surface area is 161 Å². The van der Waals surface area contributed by atoms with Crippen LogP contribution >= 0.6 is 0 Å². The van der Waals surface area contributed by atoms with Gasteiger partial charge in [-0.1, -0.05) is 18.2 Å². The fourth-order valence-electron chi connectivity index (χ4n) is 3.19. The molecule has 2 N–H and O–H groups in total. The Morgan fingerprint density at radius 1 is 1.18 bits per heavy atom. The van der Waals surface area contributed by atoms with Crippen molar-refractivity contribution in [2.75, 3.05) is 11.4 Å². The van der Waals surface area contributed by atoms with Crippen molar-refractivity contribution in [1.29, 1.82) is 0 Å². The van der Waals surface area contributed by atoms with Gasteiger partial charge in [0.25, 0.3) is 0 Å². The number of nitrogens with zero attached hydrogens (tertiary/aromatic N) is 2. The number of oxazole rings is 1. The molecule has 142 valence electrons. The molecule has 0 saturated carbocycles. The van der Waals surface area contributed by atoms with E-state index in [0.717, 1.165) is 5.56 Å². The summed E-state index contributed by atoms with van der Waals surface area (Å²) in [6, 6.07) is 15.9. The first-order valence-electron chi connectivity index (χ1n) is 8.97. The predicted molar refractivity (Wildman–Crippen MR) is 102 cm³/mol. The van der Waals surface area contributed by atoms with Gasteiger partial charge in [-0.15, -0.1) is 0 Å². The number of aromatic hydroxyl groups is 1. The van der Waals surface area contributed by atoms with Gasteiger partial charge < -0.3 is 19.7 Å². The summed E-state index contributed by atoms with van der Waals surface area (Å²) < 4.78 is 5.46. The molecule has 4 rings (SSSR count). The summed E-state index contributed by atoms with van der Waals surface area (Å²) in [6.07, 6.45) is 1.67. The van der Waals surface area contributed by atoms with Gasteiger partial charge in [-0.3, -0.25) is 9.59 Å². The summed E-state index contributed by atoms with van der Waals surface area (Å²) in [5, 5.41) is 12.2. The highest BCUT2D eigenvalue weighted by Gasteiger charge is 2.35. The van der Waals surface area contributed by atoms with Gasteiger partial charge in [-0.2, -0.15) is 0 Å². The quantitative estimate of drug-likeness (QED) is 0.713. The van der Waals surface area contributed by atoms with E-state index in [2.05, 4.69) is 10.3 Å². The van der Waals surface area contributed by atoms with Crippen LogP contribution < -0.4 is 10.2 Å². The first kappa shape index (κ1) is 17.8. The van der Waals surface area contributed by atoms with Crippen LogP contribution in [-0.2, 0) is 16.1 Å². The Kier molecular flexibility index (Phi) is 4.80. The van der Waals surface area contributed by atoms with Crippen LogP contribution in [0.3, 0.4) is 0 Å². The van der Waals surface area contributed by atoms with Crippen molar-refractivity contribution >= 4 is 17.5 Å². The maximum absolute atomic E-state index is 12.5. The van der Waals surface area contributed by atoms with Crippen LogP contribution in [0, 0.1) is 5.92 Å². The number of carbonyl (C=O) groups excluding carboxylic acids is 2. The van der Waals surface area contributed by atoms with Gasteiger partial charge in [-0.05, 0) is 36.4 Å². The van der Waals surface area contributed by atoms with E-state index in [-0.39, 0.29) is 30.5 Å². The molecule has 1 aliphatic heterocycles. The number of phenolic OH excluding ortho intramolecular Hbond substituents is 1. The van der Waals surface area contributed by atoms with Gasteiger partial charge >= 0.3 is 0 Å². The van der Waals surface area contributed by atoms with E-state index in [1.54, 1.807) is 17.0 Å². The molecule has 2 aromatic carbocycles. The van der Waals surface area contributed by atoms with Gasteiger partial charge in [0.15, 0.2) is 0 Å². The van der Waals surface area contributed by atoms with Crippen molar-refractivity contribution < 1.29 is 19.1 Å². The van der Waals surface area contributed by atoms with Crippen LogP contribution in [0.5, 0.6) is 5.75 Å². The van der Waals surface area contributed by atoms with E-state index in [9.17, 15) is 14.7 Å². The van der Waals surface area contributed by atoms with Gasteiger partial charge in [0.1, 0.15) is 12.0 Å². The molecule has 1 unspecified atom stereocenters. The fraction of sp³-hybridized carbons (Fsp3) is 0.190. The third kappa shape index (κ3) is 3.73. The number of hydrogen-bond donors (Lipinski definition) is 2. The molecule has 1 aromatic heterocycles. The minimum atomic E-state index is -0.429. The van der Waals surface area contributed by atoms with Crippen molar-refractivity contribution in [3.05, 3.63) is 66.6 Å². The molecular weight excluding hydrogens is 358 g/mol. The Morgan fingerprint density at radius 3 is 2.68 bits per heavy atom. The highest BCUT2D eigenvalue weighted by Crippen LogP contribution is 2.26. The Bertz CT molecular complexity index is 982. The molecule has 0 bridgehead atoms. The van der Waals surface area contributed by atoms with Crippen molar-refractivity contribution in [3.8, 4) is 17.2 Å². The van der Waals surface area contributed by atoms with Crippen molar-refractivity contribution in [2.45, 2.75) is 13.0 Å². The third-order valence-corrected chi connectivity index (χ3v) is 4.67. The highest BCUT2D eigenvalue weighted by molar-refractivity contribution is 6.00. The predicted octanol–water partition coefficient (Wildman–Crippen LogP) is 2.72. The SMILES string of the molecule is O=C(NCc1coc(-c2ccccc2)n1)C1CC(=O)N(c2ccc(O)cc2)C1. The van der Waals surface area contributed by atoms with E-state index in [4.69, 9.17) is 4.42 Å². The van der Waals surface area contributed by atoms with Gasteiger partial charge in [0.05, 0.1) is 18.2 Å². The molecule has 1 saturated heterocycles. The van der Waals surface area contributed by atoms with Crippen molar-refractivity contribution in [2.24, 2.45) is 5.92 Å². The summed E-state index contributed by atoms with van der Waals surface area (Å²) in [5.41, 5.74) is 2.15. The first-order chi connectivity index (χ1) is 13.6. The summed E-state index contributed by atoms with van der Waals surface area (Å²) in [7, 11) is 0. The largest absolute Gasteiger partial charge is 0.508 e. The molecule has 3 aromatic rings. The standard InChI is InChI=1S/C21H19N3O4/c25-18-8-6-17(7-9-18)24-12-15(10-19(24)26)20(27)22-11-16-13-28-21(23-16)14-4-2-1-3-5-14/h1-9,13,15,25H,10-12H2,(H,22,27). The van der Waals surface area contributed by atoms with Crippen molar-refractivity contribution in [1.82, 2.24) is 10.3 Å². The number of carbonyl (C=O) groups is 2. The summed E-state index contributed by atoms with van der Waals surface area (Å²) in [6.45, 7) is 0.544. The summed E-state index contributed by atoms with van der Waals surface area (Å²) >= 11 is 0. The molecule has 0 spiro atoms. The van der Waals surface area contributed by atoms with Crippen LogP contribution in [-0.4, -0.2) is 28.4 Å². The lowest BCUT2D eigenvalue weighted by atomic mass is 10.1. The number of amides is 2. The zero-order chi connectivity index (χ0) is 19.5. The number of benzene rings is 2. The van der Waals surface area contributed by atoms with Crippen LogP contribution in [0.15, 0.2) is 65.3 Å². The number of phenols is 1. The lowest BCUT2D eigenvalue weighted by molar-refractivity contribution is -0.126. The van der Waals surface area contributed by atoms with Crippen LogP contribution in [0.25, 0.3) is 11.5 Å². The average Bonchev–Trinajstić information content (AvgIpc) is 3.34. The molecule has 0 radical (unpaired) electrons. The average molecular weight is 377 g/mol. The minimum Gasteiger partial charge on any atom is -0.508 e. The second kappa shape index (κ2) is 7.56. The second-order valence-electron chi connectivity index (χ2n) is 6.65. The lowest BCUT2D eigenvalue weighted by Crippen LogP contribution is -2.32. The maximum Gasteiger partial charge on any atom is 0.227 e. The normalized spacial score (nSPS) is 16.4.